The van der Waals surface area contributed by atoms with Gasteiger partial charge in [0.1, 0.15) is 10.6 Å². The van der Waals surface area contributed by atoms with E-state index in [9.17, 15) is 18.0 Å². The number of aryl methyl sites for hydroxylation is 3. The Morgan fingerprint density at radius 3 is 2.21 bits per heavy atom. The first-order valence-corrected chi connectivity index (χ1v) is 10.9. The van der Waals surface area contributed by atoms with Crippen LogP contribution in [0.2, 0.25) is 0 Å². The maximum atomic E-state index is 13.0. The number of halogens is 3. The Balaban J connectivity index is 0.000000257. The van der Waals surface area contributed by atoms with Crippen LogP contribution in [0.3, 0.4) is 0 Å². The first kappa shape index (κ1) is 24.5. The number of alkyl halides is 3. The maximum absolute atomic E-state index is 13.0. The minimum atomic E-state index is -4.55. The molecule has 0 spiro atoms. The van der Waals surface area contributed by atoms with Gasteiger partial charge >= 0.3 is 6.18 Å². The Kier molecular flexibility index (Phi) is 6.69. The Labute approximate surface area is 193 Å². The van der Waals surface area contributed by atoms with E-state index in [1.54, 1.807) is 12.1 Å². The van der Waals surface area contributed by atoms with Crippen molar-refractivity contribution in [1.29, 1.82) is 0 Å². The second-order valence-corrected chi connectivity index (χ2v) is 9.73. The number of aromatic nitrogens is 3. The number of thiophene rings is 1. The number of benzene rings is 1. The largest absolute Gasteiger partial charge is 0.435 e. The fraction of sp³-hybridized carbons (Fsp3) is 0.348. The van der Waals surface area contributed by atoms with E-state index in [2.05, 4.69) is 36.3 Å². The molecule has 0 aliphatic carbocycles. The summed E-state index contributed by atoms with van der Waals surface area (Å²) < 4.78 is 45.1. The second kappa shape index (κ2) is 9.01. The number of fused-ring (bicyclic) bond motifs is 1. The molecule has 3 heterocycles. The third kappa shape index (κ3) is 5.81. The summed E-state index contributed by atoms with van der Waals surface area (Å²) in [5.74, 6) is 0.508. The summed E-state index contributed by atoms with van der Waals surface area (Å²) in [7, 11) is 1.43. The molecule has 33 heavy (non-hydrogen) atoms. The number of hydrogen-bond acceptors (Lipinski definition) is 5. The van der Waals surface area contributed by atoms with Crippen LogP contribution in [-0.4, -0.2) is 20.8 Å². The Morgan fingerprint density at radius 2 is 1.73 bits per heavy atom. The lowest BCUT2D eigenvalue weighted by atomic mass is 9.93. The van der Waals surface area contributed by atoms with Crippen LogP contribution in [0.25, 0.3) is 10.2 Å². The highest BCUT2D eigenvalue weighted by Crippen LogP contribution is 2.37. The number of carbonyl (C=O) groups excluding carboxylic acids is 1. The van der Waals surface area contributed by atoms with Crippen LogP contribution in [-0.2, 0) is 18.6 Å². The molecule has 0 atom stereocenters. The molecule has 0 saturated heterocycles. The number of carbonyl (C=O) groups is 1. The van der Waals surface area contributed by atoms with Gasteiger partial charge in [0, 0.05) is 29.6 Å². The predicted octanol–water partition coefficient (Wildman–Crippen LogP) is 6.49. The molecule has 0 radical (unpaired) electrons. The zero-order valence-corrected chi connectivity index (χ0v) is 20.0. The molecule has 3 aromatic heterocycles. The van der Waals surface area contributed by atoms with Gasteiger partial charge in [0.2, 0.25) is 0 Å². The van der Waals surface area contributed by atoms with Crippen molar-refractivity contribution < 1.29 is 22.5 Å². The minimum Gasteiger partial charge on any atom is -0.361 e. The Morgan fingerprint density at radius 1 is 1.09 bits per heavy atom. The molecule has 4 aromatic rings. The highest BCUT2D eigenvalue weighted by atomic mass is 32.1. The normalized spacial score (nSPS) is 11.9. The molecule has 6 nitrogen and oxygen atoms in total. The number of rotatable bonds is 2. The van der Waals surface area contributed by atoms with Crippen molar-refractivity contribution in [2.24, 2.45) is 7.05 Å². The average Bonchev–Trinajstić information content (AvgIpc) is 3.40. The van der Waals surface area contributed by atoms with Crippen LogP contribution in [0.5, 0.6) is 0 Å². The van der Waals surface area contributed by atoms with E-state index in [4.69, 9.17) is 4.52 Å². The molecule has 0 unspecified atom stereocenters. The van der Waals surface area contributed by atoms with Crippen LogP contribution in [0.15, 0.2) is 40.9 Å². The van der Waals surface area contributed by atoms with Crippen molar-refractivity contribution in [3.63, 3.8) is 0 Å². The van der Waals surface area contributed by atoms with Crippen molar-refractivity contribution in [3.05, 3.63) is 64.0 Å². The fourth-order valence-electron chi connectivity index (χ4n) is 2.91. The van der Waals surface area contributed by atoms with Crippen LogP contribution in [0.4, 0.5) is 18.9 Å². The van der Waals surface area contributed by atoms with Gasteiger partial charge in [0.05, 0.1) is 10.6 Å². The van der Waals surface area contributed by atoms with E-state index in [-0.39, 0.29) is 15.7 Å². The summed E-state index contributed by atoms with van der Waals surface area (Å²) in [5, 5.41) is 9.91. The first-order chi connectivity index (χ1) is 15.3. The molecule has 0 bridgehead atoms. The molecule has 4 rings (SSSR count). The van der Waals surface area contributed by atoms with Crippen LogP contribution >= 0.6 is 11.3 Å². The highest BCUT2D eigenvalue weighted by Gasteiger charge is 2.37. The topological polar surface area (TPSA) is 73.0 Å². The van der Waals surface area contributed by atoms with E-state index in [1.165, 1.54) is 13.1 Å². The molecule has 0 fully saturated rings. The molecule has 1 N–H and O–H groups in total. The number of hydrogen-bond donors (Lipinski definition) is 1. The quantitative estimate of drug-likeness (QED) is 0.357. The lowest BCUT2D eigenvalue weighted by Gasteiger charge is -2.11. The number of anilines is 1. The van der Waals surface area contributed by atoms with Gasteiger partial charge in [-0.25, -0.2) is 0 Å². The van der Waals surface area contributed by atoms with Gasteiger partial charge in [-0.15, -0.1) is 11.3 Å². The molecule has 0 aliphatic heterocycles. The van der Waals surface area contributed by atoms with Gasteiger partial charge in [-0.2, -0.15) is 18.3 Å². The molecule has 1 amide bonds. The molecule has 10 heteroatoms. The van der Waals surface area contributed by atoms with Crippen molar-refractivity contribution in [1.82, 2.24) is 14.9 Å². The maximum Gasteiger partial charge on any atom is 0.435 e. The molecule has 1 aromatic carbocycles. The zero-order valence-electron chi connectivity index (χ0n) is 19.2. The first-order valence-electron chi connectivity index (χ1n) is 10.1. The summed E-state index contributed by atoms with van der Waals surface area (Å²) in [6.07, 6.45) is -4.55. The van der Waals surface area contributed by atoms with Gasteiger partial charge in [0.25, 0.3) is 5.91 Å². The van der Waals surface area contributed by atoms with Crippen molar-refractivity contribution in [2.45, 2.75) is 46.2 Å². The summed E-state index contributed by atoms with van der Waals surface area (Å²) in [6, 6.07) is 10.4. The van der Waals surface area contributed by atoms with Crippen molar-refractivity contribution >= 4 is 33.1 Å². The summed E-state index contributed by atoms with van der Waals surface area (Å²) in [5.41, 5.74) is 1.70. The monoisotopic (exact) mass is 478 g/mol. The average molecular weight is 479 g/mol. The standard InChI is InChI=1S/C15H12F3N3OS.C8H13NO/c1-8-3-5-9(6-4-8)19-13(22)11-7-10-12(15(16,17)18)20-21(2)14(10)23-11;1-6-5-7(10-9-6)8(2,3)4/h3-7H,1-2H3,(H,19,22);5H,1-4H3. The lowest BCUT2D eigenvalue weighted by Crippen LogP contribution is -2.10. The van der Waals surface area contributed by atoms with Gasteiger partial charge < -0.3 is 9.84 Å². The van der Waals surface area contributed by atoms with Crippen molar-refractivity contribution in [3.8, 4) is 0 Å². The third-order valence-corrected chi connectivity index (χ3v) is 5.88. The molecular weight excluding hydrogens is 453 g/mol. The van der Waals surface area contributed by atoms with E-state index in [1.807, 2.05) is 32.0 Å². The van der Waals surface area contributed by atoms with Crippen LogP contribution in [0, 0.1) is 13.8 Å². The number of amides is 1. The van der Waals surface area contributed by atoms with Gasteiger partial charge in [0.15, 0.2) is 5.69 Å². The van der Waals surface area contributed by atoms with E-state index in [0.717, 1.165) is 33.0 Å². The summed E-state index contributed by atoms with van der Waals surface area (Å²) in [4.78, 5) is 12.7. The minimum absolute atomic E-state index is 0.0564. The lowest BCUT2D eigenvalue weighted by molar-refractivity contribution is -0.140. The van der Waals surface area contributed by atoms with Gasteiger partial charge in [-0.3, -0.25) is 9.48 Å². The third-order valence-electron chi connectivity index (χ3n) is 4.68. The Bertz CT molecular complexity index is 1260. The van der Waals surface area contributed by atoms with E-state index in [0.29, 0.717) is 10.5 Å². The molecule has 0 aliphatic rings. The van der Waals surface area contributed by atoms with Gasteiger partial charge in [-0.05, 0) is 32.0 Å². The Hall–Kier alpha value is -3.14. The van der Waals surface area contributed by atoms with E-state index < -0.39 is 17.8 Å². The molecule has 0 saturated carbocycles. The summed E-state index contributed by atoms with van der Waals surface area (Å²) >= 11 is 0.980. The zero-order chi connectivity index (χ0) is 24.6. The highest BCUT2D eigenvalue weighted by molar-refractivity contribution is 7.20. The number of nitrogens with one attached hydrogen (secondary N) is 1. The smallest absolute Gasteiger partial charge is 0.361 e. The number of nitrogens with zero attached hydrogens (tertiary/aromatic N) is 3. The molecular formula is C23H25F3N4O2S. The molecule has 176 valence electrons. The second-order valence-electron chi connectivity index (χ2n) is 8.70. The van der Waals surface area contributed by atoms with Crippen LogP contribution < -0.4 is 5.32 Å². The SMILES string of the molecule is Cc1cc(C(C)(C)C)on1.Cc1ccc(NC(=O)c2cc3c(C(F)(F)F)nn(C)c3s2)cc1. The summed E-state index contributed by atoms with van der Waals surface area (Å²) in [6.45, 7) is 10.2. The van der Waals surface area contributed by atoms with Gasteiger partial charge in [-0.1, -0.05) is 43.6 Å². The fourth-order valence-corrected chi connectivity index (χ4v) is 3.88. The van der Waals surface area contributed by atoms with Crippen LogP contribution in [0.1, 0.15) is 53.2 Å². The van der Waals surface area contributed by atoms with Crippen molar-refractivity contribution in [2.75, 3.05) is 5.32 Å². The predicted molar refractivity (Wildman–Crippen MR) is 123 cm³/mol. The van der Waals surface area contributed by atoms with E-state index >= 15 is 0 Å².